The van der Waals surface area contributed by atoms with Gasteiger partial charge in [0.05, 0.1) is 15.9 Å². The number of carbonyl (C=O) groups is 1. The molecule has 0 bridgehead atoms. The monoisotopic (exact) mass is 469 g/mol. The van der Waals surface area contributed by atoms with Gasteiger partial charge in [0.1, 0.15) is 12.1 Å². The molecule has 0 radical (unpaired) electrons. The Bertz CT molecular complexity index is 1130. The van der Waals surface area contributed by atoms with Gasteiger partial charge in [-0.15, -0.1) is 11.3 Å². The third-order valence-corrected chi connectivity index (χ3v) is 6.91. The molecule has 168 valence electrons. The zero-order chi connectivity index (χ0) is 22.7. The number of hydrogen-bond acceptors (Lipinski definition) is 6. The molecule has 32 heavy (non-hydrogen) atoms. The maximum absolute atomic E-state index is 13.4. The van der Waals surface area contributed by atoms with E-state index >= 15 is 0 Å². The minimum absolute atomic E-state index is 0.112. The number of nitrogens with zero attached hydrogens (tertiary/aromatic N) is 4. The number of piperazine rings is 1. The number of benzene rings is 1. The number of carbonyl (C=O) groups excluding carboxylic acids is 1. The van der Waals surface area contributed by atoms with Crippen molar-refractivity contribution in [2.24, 2.45) is 5.92 Å². The van der Waals surface area contributed by atoms with E-state index < -0.39 is 0 Å². The number of anilines is 1. The van der Waals surface area contributed by atoms with E-state index in [0.717, 1.165) is 45.2 Å². The van der Waals surface area contributed by atoms with Gasteiger partial charge in [0.15, 0.2) is 0 Å². The summed E-state index contributed by atoms with van der Waals surface area (Å²) in [6, 6.07) is 9.75. The summed E-state index contributed by atoms with van der Waals surface area (Å²) in [7, 11) is 0. The molecule has 1 amide bonds. The molecule has 4 rings (SSSR count). The molecule has 0 aliphatic carbocycles. The molecule has 1 aliphatic heterocycles. The van der Waals surface area contributed by atoms with Gasteiger partial charge in [-0.25, -0.2) is 9.97 Å². The fraction of sp³-hybridized carbons (Fsp3) is 0.375. The smallest absolute Gasteiger partial charge is 0.240 e. The predicted octanol–water partition coefficient (Wildman–Crippen LogP) is 4.70. The topological polar surface area (TPSA) is 75.3 Å². The third-order valence-electron chi connectivity index (χ3n) is 5.71. The van der Waals surface area contributed by atoms with Crippen molar-refractivity contribution >= 4 is 51.6 Å². The van der Waals surface area contributed by atoms with Crippen molar-refractivity contribution in [2.45, 2.75) is 32.9 Å². The van der Waals surface area contributed by atoms with Gasteiger partial charge in [-0.1, -0.05) is 37.6 Å². The van der Waals surface area contributed by atoms with Crippen LogP contribution < -0.4 is 5.73 Å². The second kappa shape index (κ2) is 9.98. The summed E-state index contributed by atoms with van der Waals surface area (Å²) in [5, 5.41) is 0.837. The van der Waals surface area contributed by atoms with E-state index in [4.69, 9.17) is 17.3 Å². The SMILES string of the molecule is CC(C)C[C@H]1C(=O)N(Cc2ccc3c(N)ncnc3c2)CCN1CC=Cc1ccc(Cl)s1. The molecule has 6 nitrogen and oxygen atoms in total. The molecular formula is C24H28ClN5OS. The van der Waals surface area contributed by atoms with Gasteiger partial charge < -0.3 is 10.6 Å². The Morgan fingerprint density at radius 2 is 2.09 bits per heavy atom. The summed E-state index contributed by atoms with van der Waals surface area (Å²) in [6.45, 7) is 7.21. The molecule has 0 spiro atoms. The molecule has 2 aromatic heterocycles. The largest absolute Gasteiger partial charge is 0.383 e. The van der Waals surface area contributed by atoms with E-state index in [1.165, 1.54) is 6.33 Å². The van der Waals surface area contributed by atoms with Crippen molar-refractivity contribution in [1.82, 2.24) is 19.8 Å². The first-order valence-corrected chi connectivity index (χ1v) is 12.0. The highest BCUT2D eigenvalue weighted by atomic mass is 35.5. The number of rotatable bonds is 7. The van der Waals surface area contributed by atoms with Gasteiger partial charge in [0.2, 0.25) is 5.91 Å². The quantitative estimate of drug-likeness (QED) is 0.542. The molecule has 1 aliphatic rings. The molecule has 3 heterocycles. The Balaban J connectivity index is 1.46. The summed E-state index contributed by atoms with van der Waals surface area (Å²) in [4.78, 5) is 27.2. The summed E-state index contributed by atoms with van der Waals surface area (Å²) in [5.74, 6) is 1.10. The van der Waals surface area contributed by atoms with E-state index in [1.807, 2.05) is 35.2 Å². The summed E-state index contributed by atoms with van der Waals surface area (Å²) >= 11 is 7.58. The highest BCUT2D eigenvalue weighted by Gasteiger charge is 2.34. The number of amides is 1. The van der Waals surface area contributed by atoms with Gasteiger partial charge in [-0.05, 0) is 48.2 Å². The fourth-order valence-corrected chi connectivity index (χ4v) is 5.11. The lowest BCUT2D eigenvalue weighted by Crippen LogP contribution is -2.56. The van der Waals surface area contributed by atoms with Gasteiger partial charge in [-0.3, -0.25) is 9.69 Å². The molecular weight excluding hydrogens is 442 g/mol. The van der Waals surface area contributed by atoms with Gasteiger partial charge in [0, 0.05) is 36.4 Å². The lowest BCUT2D eigenvalue weighted by Gasteiger charge is -2.41. The zero-order valence-corrected chi connectivity index (χ0v) is 19.9. The Kier molecular flexibility index (Phi) is 7.08. The summed E-state index contributed by atoms with van der Waals surface area (Å²) < 4.78 is 0.786. The number of halogens is 1. The first-order valence-electron chi connectivity index (χ1n) is 10.8. The highest BCUT2D eigenvalue weighted by molar-refractivity contribution is 7.16. The average molecular weight is 470 g/mol. The van der Waals surface area contributed by atoms with Crippen molar-refractivity contribution in [3.05, 3.63) is 57.5 Å². The standard InChI is InChI=1S/C24H28ClN5OS/c1-16(2)12-21-24(31)30(11-10-29(21)9-3-4-18-6-8-22(25)32-18)14-17-5-7-19-20(13-17)27-15-28-23(19)26/h3-8,13,15-16,21H,9-12,14H2,1-2H3,(H2,26,27,28)/t21-/m0/s1. The third kappa shape index (κ3) is 5.28. The minimum Gasteiger partial charge on any atom is -0.383 e. The summed E-state index contributed by atoms with van der Waals surface area (Å²) in [5.41, 5.74) is 7.79. The van der Waals surface area contributed by atoms with Crippen molar-refractivity contribution in [1.29, 1.82) is 0 Å². The normalized spacial score (nSPS) is 17.8. The second-order valence-electron chi connectivity index (χ2n) is 8.55. The van der Waals surface area contributed by atoms with Crippen LogP contribution in [0.5, 0.6) is 0 Å². The van der Waals surface area contributed by atoms with Crippen molar-refractivity contribution < 1.29 is 4.79 Å². The van der Waals surface area contributed by atoms with Crippen LogP contribution in [0.15, 0.2) is 42.7 Å². The van der Waals surface area contributed by atoms with Crippen molar-refractivity contribution in [3.8, 4) is 0 Å². The Labute approximate surface area is 197 Å². The predicted molar refractivity (Wildman–Crippen MR) is 133 cm³/mol. The first kappa shape index (κ1) is 22.7. The van der Waals surface area contributed by atoms with E-state index in [2.05, 4.69) is 40.9 Å². The second-order valence-corrected chi connectivity index (χ2v) is 10.3. The molecule has 1 saturated heterocycles. The van der Waals surface area contributed by atoms with Crippen LogP contribution in [0.3, 0.4) is 0 Å². The van der Waals surface area contributed by atoms with Crippen LogP contribution in [0, 0.1) is 5.92 Å². The van der Waals surface area contributed by atoms with Crippen LogP contribution in [0.2, 0.25) is 4.34 Å². The molecule has 1 atom stereocenters. The van der Waals surface area contributed by atoms with Gasteiger partial charge in [-0.2, -0.15) is 0 Å². The molecule has 1 fully saturated rings. The number of thiophene rings is 1. The molecule has 0 unspecified atom stereocenters. The first-order chi connectivity index (χ1) is 15.4. The Hall–Kier alpha value is -2.48. The average Bonchev–Trinajstić information content (AvgIpc) is 3.17. The van der Waals surface area contributed by atoms with Crippen molar-refractivity contribution in [3.63, 3.8) is 0 Å². The van der Waals surface area contributed by atoms with Crippen LogP contribution in [0.25, 0.3) is 17.0 Å². The van der Waals surface area contributed by atoms with Gasteiger partial charge in [0.25, 0.3) is 0 Å². The minimum atomic E-state index is -0.112. The molecule has 8 heteroatoms. The zero-order valence-electron chi connectivity index (χ0n) is 18.4. The molecule has 2 N–H and O–H groups in total. The van der Waals surface area contributed by atoms with Crippen LogP contribution in [-0.2, 0) is 11.3 Å². The Morgan fingerprint density at radius 3 is 2.84 bits per heavy atom. The molecule has 1 aromatic carbocycles. The maximum atomic E-state index is 13.4. The number of fused-ring (bicyclic) bond motifs is 1. The van der Waals surface area contributed by atoms with Crippen molar-refractivity contribution in [2.75, 3.05) is 25.4 Å². The van der Waals surface area contributed by atoms with E-state index in [0.29, 0.717) is 24.8 Å². The van der Waals surface area contributed by atoms with E-state index in [-0.39, 0.29) is 11.9 Å². The number of hydrogen-bond donors (Lipinski definition) is 1. The highest BCUT2D eigenvalue weighted by Crippen LogP contribution is 2.24. The van der Waals surface area contributed by atoms with E-state index in [1.54, 1.807) is 11.3 Å². The number of aromatic nitrogens is 2. The van der Waals surface area contributed by atoms with Crippen LogP contribution in [0.4, 0.5) is 5.82 Å². The number of nitrogen functional groups attached to an aromatic ring is 1. The lowest BCUT2D eigenvalue weighted by atomic mass is 9.98. The molecule has 3 aromatic rings. The van der Waals surface area contributed by atoms with Crippen LogP contribution in [0.1, 0.15) is 30.7 Å². The van der Waals surface area contributed by atoms with Crippen LogP contribution in [-0.4, -0.2) is 51.4 Å². The summed E-state index contributed by atoms with van der Waals surface area (Å²) in [6.07, 6.45) is 6.53. The molecule has 0 saturated carbocycles. The Morgan fingerprint density at radius 1 is 1.25 bits per heavy atom. The van der Waals surface area contributed by atoms with Gasteiger partial charge >= 0.3 is 0 Å². The number of nitrogens with two attached hydrogens (primary N) is 1. The van der Waals surface area contributed by atoms with Crippen LogP contribution >= 0.6 is 22.9 Å². The lowest BCUT2D eigenvalue weighted by molar-refractivity contribution is -0.142. The fourth-order valence-electron chi connectivity index (χ4n) is 4.12. The maximum Gasteiger partial charge on any atom is 0.240 e. The van der Waals surface area contributed by atoms with E-state index in [9.17, 15) is 4.79 Å².